The molecule has 0 saturated carbocycles. The summed E-state index contributed by atoms with van der Waals surface area (Å²) in [6, 6.07) is 11.1. The monoisotopic (exact) mass is 597 g/mol. The molecule has 3 aromatic rings. The van der Waals surface area contributed by atoms with Gasteiger partial charge in [-0.1, -0.05) is 53.5 Å². The molecule has 216 valence electrons. The summed E-state index contributed by atoms with van der Waals surface area (Å²) in [6.45, 7) is 5.63. The minimum atomic E-state index is -1.34. The Hall–Kier alpha value is -3.02. The quantitative estimate of drug-likeness (QED) is 0.381. The number of rotatable bonds is 7. The molecule has 1 aromatic carbocycles. The highest BCUT2D eigenvalue weighted by atomic mass is 35.5. The van der Waals surface area contributed by atoms with Gasteiger partial charge in [0.1, 0.15) is 16.4 Å². The number of benzene rings is 1. The fourth-order valence-corrected chi connectivity index (χ4v) is 6.25. The van der Waals surface area contributed by atoms with Crippen LogP contribution in [-0.2, 0) is 22.6 Å². The lowest BCUT2D eigenvalue weighted by molar-refractivity contribution is -0.128. The van der Waals surface area contributed by atoms with Gasteiger partial charge in [-0.3, -0.25) is 14.5 Å². The number of halogens is 2. The molecule has 2 aromatic heterocycles. The number of nitrogens with zero attached hydrogens (tertiary/aromatic N) is 4. The molecule has 3 N–H and O–H groups in total. The summed E-state index contributed by atoms with van der Waals surface area (Å²) in [5, 5.41) is 6.34. The number of ether oxygens (including phenoxy) is 1. The van der Waals surface area contributed by atoms with Crippen LogP contribution in [0.4, 0.5) is 0 Å². The van der Waals surface area contributed by atoms with Crippen LogP contribution in [0.3, 0.4) is 0 Å². The molecule has 41 heavy (non-hydrogen) atoms. The zero-order chi connectivity index (χ0) is 28.7. The van der Waals surface area contributed by atoms with Gasteiger partial charge in [0.25, 0.3) is 5.91 Å². The highest BCUT2D eigenvalue weighted by molar-refractivity contribution is 6.41. The van der Waals surface area contributed by atoms with E-state index in [-0.39, 0.29) is 40.9 Å². The lowest BCUT2D eigenvalue weighted by Gasteiger charge is -2.29. The summed E-state index contributed by atoms with van der Waals surface area (Å²) in [4.78, 5) is 44.2. The molecule has 0 radical (unpaired) electrons. The highest BCUT2D eigenvalue weighted by Crippen LogP contribution is 2.36. The Balaban J connectivity index is 1.19. The van der Waals surface area contributed by atoms with E-state index in [1.165, 1.54) is 6.07 Å². The molecule has 2 saturated heterocycles. The van der Waals surface area contributed by atoms with Gasteiger partial charge in [-0.2, -0.15) is 0 Å². The van der Waals surface area contributed by atoms with Crippen molar-refractivity contribution in [2.45, 2.75) is 56.6 Å². The van der Waals surface area contributed by atoms with Crippen molar-refractivity contribution in [2.24, 2.45) is 0 Å². The number of H-pyrrole nitrogens is 1. The third-order valence-corrected chi connectivity index (χ3v) is 9.00. The lowest BCUT2D eigenvalue weighted by Crippen LogP contribution is -2.59. The Labute approximate surface area is 248 Å². The van der Waals surface area contributed by atoms with Crippen molar-refractivity contribution in [1.29, 1.82) is 0 Å². The van der Waals surface area contributed by atoms with Crippen LogP contribution in [0.15, 0.2) is 42.6 Å². The maximum atomic E-state index is 13.9. The van der Waals surface area contributed by atoms with Gasteiger partial charge in [0.15, 0.2) is 5.82 Å². The van der Waals surface area contributed by atoms with Crippen LogP contribution >= 0.6 is 23.2 Å². The number of nitrogens with one attached hydrogen (secondary N) is 3. The van der Waals surface area contributed by atoms with Crippen LogP contribution in [0.5, 0.6) is 0 Å². The zero-order valence-electron chi connectivity index (χ0n) is 23.0. The largest absolute Gasteiger partial charge is 0.370 e. The zero-order valence-corrected chi connectivity index (χ0v) is 24.5. The standard InChI is InChI=1S/C29H33Cl2N7O3/c1-17(26-32-12-19-13-38(15-23(19)35-26)20-8-9-37(2)14-20)33-28(40)29(36-27(39)22-10-21(30)25(31)34-22)11-24(41-16-29)18-6-4-3-5-7-18/h3-7,10,12,17,20,24,34H,8-9,11,13-16H2,1-2H3,(H,33,40)(H,36,39)/t17-,20-,24-,29+/m0/s1. The van der Waals surface area contributed by atoms with Crippen molar-refractivity contribution in [1.82, 2.24) is 35.4 Å². The van der Waals surface area contributed by atoms with E-state index >= 15 is 0 Å². The molecular weight excluding hydrogens is 565 g/mol. The second-order valence-corrected chi connectivity index (χ2v) is 12.1. The molecule has 5 heterocycles. The van der Waals surface area contributed by atoms with Crippen molar-refractivity contribution in [3.8, 4) is 0 Å². The van der Waals surface area contributed by atoms with Gasteiger partial charge in [0, 0.05) is 43.9 Å². The molecule has 10 nitrogen and oxygen atoms in total. The number of likely N-dealkylation sites (tertiary alicyclic amines) is 1. The fourth-order valence-electron chi connectivity index (χ4n) is 5.94. The Morgan fingerprint density at radius 2 is 2.02 bits per heavy atom. The average Bonchev–Trinajstić information content (AvgIpc) is 3.75. The van der Waals surface area contributed by atoms with Crippen molar-refractivity contribution in [2.75, 3.05) is 26.7 Å². The van der Waals surface area contributed by atoms with Gasteiger partial charge in [-0.25, -0.2) is 9.97 Å². The Morgan fingerprint density at radius 3 is 2.73 bits per heavy atom. The van der Waals surface area contributed by atoms with Gasteiger partial charge in [0.05, 0.1) is 29.5 Å². The first kappa shape index (κ1) is 28.1. The van der Waals surface area contributed by atoms with Crippen LogP contribution in [0.25, 0.3) is 0 Å². The number of aromatic amines is 1. The van der Waals surface area contributed by atoms with Crippen LogP contribution in [0.1, 0.15) is 65.0 Å². The third kappa shape index (κ3) is 5.72. The van der Waals surface area contributed by atoms with Gasteiger partial charge in [-0.05, 0) is 38.6 Å². The first-order valence-electron chi connectivity index (χ1n) is 13.8. The van der Waals surface area contributed by atoms with Crippen molar-refractivity contribution < 1.29 is 14.3 Å². The Morgan fingerprint density at radius 1 is 1.22 bits per heavy atom. The highest BCUT2D eigenvalue weighted by Gasteiger charge is 2.49. The number of carbonyl (C=O) groups excluding carboxylic acids is 2. The molecule has 2 fully saturated rings. The van der Waals surface area contributed by atoms with E-state index in [2.05, 4.69) is 37.4 Å². The topological polar surface area (TPSA) is 115 Å². The van der Waals surface area contributed by atoms with E-state index in [1.807, 2.05) is 43.5 Å². The van der Waals surface area contributed by atoms with E-state index in [4.69, 9.17) is 32.9 Å². The van der Waals surface area contributed by atoms with Gasteiger partial charge < -0.3 is 25.3 Å². The summed E-state index contributed by atoms with van der Waals surface area (Å²) in [5.41, 5.74) is 1.88. The average molecular weight is 599 g/mol. The molecule has 3 aliphatic rings. The van der Waals surface area contributed by atoms with Crippen LogP contribution in [0.2, 0.25) is 10.2 Å². The van der Waals surface area contributed by atoms with Crippen molar-refractivity contribution in [3.63, 3.8) is 0 Å². The third-order valence-electron chi connectivity index (χ3n) is 8.31. The minimum Gasteiger partial charge on any atom is -0.370 e. The van der Waals surface area contributed by atoms with Crippen LogP contribution < -0.4 is 10.6 Å². The number of aromatic nitrogens is 3. The number of fused-ring (bicyclic) bond motifs is 1. The minimum absolute atomic E-state index is 0.00509. The van der Waals surface area contributed by atoms with E-state index in [9.17, 15) is 9.59 Å². The summed E-state index contributed by atoms with van der Waals surface area (Å²) in [6.07, 6.45) is 2.90. The molecule has 6 rings (SSSR count). The number of hydrogen-bond acceptors (Lipinski definition) is 7. The first-order valence-corrected chi connectivity index (χ1v) is 14.6. The molecule has 12 heteroatoms. The second-order valence-electron chi connectivity index (χ2n) is 11.3. The summed E-state index contributed by atoms with van der Waals surface area (Å²) in [5.74, 6) is -0.351. The van der Waals surface area contributed by atoms with Crippen molar-refractivity contribution >= 4 is 35.0 Å². The van der Waals surface area contributed by atoms with E-state index in [0.29, 0.717) is 11.9 Å². The Bertz CT molecular complexity index is 1430. The summed E-state index contributed by atoms with van der Waals surface area (Å²) < 4.78 is 6.08. The molecule has 0 spiro atoms. The molecule has 0 aliphatic carbocycles. The fraction of sp³-hybridized carbons (Fsp3) is 0.448. The van der Waals surface area contributed by atoms with E-state index in [0.717, 1.165) is 49.4 Å². The summed E-state index contributed by atoms with van der Waals surface area (Å²) >= 11 is 12.1. The first-order chi connectivity index (χ1) is 19.7. The maximum Gasteiger partial charge on any atom is 0.268 e. The molecule has 0 unspecified atom stereocenters. The number of hydrogen-bond donors (Lipinski definition) is 3. The van der Waals surface area contributed by atoms with Gasteiger partial charge >= 0.3 is 0 Å². The molecule has 3 aliphatic heterocycles. The normalized spacial score (nSPS) is 25.3. The predicted molar refractivity (Wildman–Crippen MR) is 155 cm³/mol. The lowest BCUT2D eigenvalue weighted by atomic mass is 9.91. The number of amides is 2. The number of likely N-dealkylation sites (N-methyl/N-ethyl adjacent to an activating group) is 1. The summed E-state index contributed by atoms with van der Waals surface area (Å²) in [7, 11) is 2.15. The number of carbonyl (C=O) groups is 2. The molecular formula is C29H33Cl2N7O3. The molecule has 2 amide bonds. The van der Waals surface area contributed by atoms with E-state index in [1.54, 1.807) is 0 Å². The van der Waals surface area contributed by atoms with Gasteiger partial charge in [-0.15, -0.1) is 0 Å². The smallest absolute Gasteiger partial charge is 0.268 e. The van der Waals surface area contributed by atoms with Crippen LogP contribution in [0, 0.1) is 0 Å². The van der Waals surface area contributed by atoms with Gasteiger partial charge in [0.2, 0.25) is 5.91 Å². The maximum absolute atomic E-state index is 13.9. The SMILES string of the molecule is C[C@H](NC(=O)[C@]1(NC(=O)c2cc(Cl)c(Cl)[nH]2)CO[C@H](c2ccccc2)C1)c1ncc2c(n1)CN([C@H]1CCN(C)C1)C2. The second kappa shape index (κ2) is 11.3. The van der Waals surface area contributed by atoms with E-state index < -0.39 is 17.5 Å². The molecule has 0 bridgehead atoms. The van der Waals surface area contributed by atoms with Crippen LogP contribution in [-0.4, -0.2) is 74.9 Å². The Kier molecular flexibility index (Phi) is 7.78. The predicted octanol–water partition coefficient (Wildman–Crippen LogP) is 3.64. The van der Waals surface area contributed by atoms with Crippen molar-refractivity contribution in [3.05, 3.63) is 81.1 Å². The molecule has 4 atom stereocenters.